The van der Waals surface area contributed by atoms with Gasteiger partial charge >= 0.3 is 0 Å². The molecule has 1 rings (SSSR count). The molecule has 1 amide bonds. The third-order valence-corrected chi connectivity index (χ3v) is 2.05. The summed E-state index contributed by atoms with van der Waals surface area (Å²) in [6.45, 7) is 3.60. The molecule has 0 aromatic rings. The molecular weight excluding hydrogens is 231 g/mol. The van der Waals surface area contributed by atoms with Gasteiger partial charge in [-0.2, -0.15) is 0 Å². The molecule has 4 heteroatoms. The van der Waals surface area contributed by atoms with Gasteiger partial charge in [0.05, 0.1) is 0 Å². The molecule has 0 aliphatic carbocycles. The maximum atomic E-state index is 10.7. The summed E-state index contributed by atoms with van der Waals surface area (Å²) in [6, 6.07) is 0. The standard InChI is InChI=1S/C5H9IN2O/c6-5(9)8-3-1-7-2-4-8/h7H,1-4H2. The van der Waals surface area contributed by atoms with Crippen LogP contribution in [-0.2, 0) is 0 Å². The van der Waals surface area contributed by atoms with Crippen LogP contribution < -0.4 is 5.32 Å². The molecule has 0 saturated carbocycles. The van der Waals surface area contributed by atoms with Crippen LogP contribution in [0.15, 0.2) is 0 Å². The van der Waals surface area contributed by atoms with Gasteiger partial charge in [-0.05, 0) is 0 Å². The summed E-state index contributed by atoms with van der Waals surface area (Å²) in [4.78, 5) is 12.5. The highest BCUT2D eigenvalue weighted by Crippen LogP contribution is 1.99. The zero-order valence-corrected chi connectivity index (χ0v) is 7.22. The topological polar surface area (TPSA) is 32.3 Å². The Morgan fingerprint density at radius 1 is 1.44 bits per heavy atom. The van der Waals surface area contributed by atoms with Gasteiger partial charge in [0.25, 0.3) is 3.91 Å². The number of nitrogens with one attached hydrogen (secondary N) is 1. The lowest BCUT2D eigenvalue weighted by atomic mass is 10.4. The van der Waals surface area contributed by atoms with Crippen molar-refractivity contribution in [1.82, 2.24) is 10.2 Å². The highest BCUT2D eigenvalue weighted by atomic mass is 127. The quantitative estimate of drug-likeness (QED) is 0.378. The normalized spacial score (nSPS) is 19.9. The van der Waals surface area contributed by atoms with Gasteiger partial charge in [-0.25, -0.2) is 0 Å². The SMILES string of the molecule is O=C(I)N1CCNCC1. The maximum absolute atomic E-state index is 10.7. The van der Waals surface area contributed by atoms with Crippen molar-refractivity contribution in [2.24, 2.45) is 0 Å². The summed E-state index contributed by atoms with van der Waals surface area (Å²) < 4.78 is 0.161. The first-order valence-electron chi connectivity index (χ1n) is 2.96. The number of piperazine rings is 1. The van der Waals surface area contributed by atoms with Crippen LogP contribution in [0.3, 0.4) is 0 Å². The van der Waals surface area contributed by atoms with Crippen molar-refractivity contribution in [3.63, 3.8) is 0 Å². The van der Waals surface area contributed by atoms with E-state index in [1.165, 1.54) is 0 Å². The van der Waals surface area contributed by atoms with Crippen molar-refractivity contribution >= 4 is 26.5 Å². The molecule has 52 valence electrons. The van der Waals surface area contributed by atoms with Crippen LogP contribution in [0, 0.1) is 0 Å². The molecule has 0 atom stereocenters. The molecule has 1 fully saturated rings. The van der Waals surface area contributed by atoms with Crippen molar-refractivity contribution in [3.8, 4) is 0 Å². The molecule has 0 aromatic carbocycles. The molecule has 1 N–H and O–H groups in total. The van der Waals surface area contributed by atoms with Gasteiger partial charge in [-0.15, -0.1) is 0 Å². The lowest BCUT2D eigenvalue weighted by Gasteiger charge is -2.24. The Morgan fingerprint density at radius 2 is 2.00 bits per heavy atom. The van der Waals surface area contributed by atoms with Crippen molar-refractivity contribution in [3.05, 3.63) is 0 Å². The second-order valence-electron chi connectivity index (χ2n) is 1.99. The van der Waals surface area contributed by atoms with Crippen LogP contribution >= 0.6 is 22.6 Å². The van der Waals surface area contributed by atoms with E-state index in [0.29, 0.717) is 0 Å². The Hall–Kier alpha value is 0.160. The van der Waals surface area contributed by atoms with E-state index in [9.17, 15) is 4.79 Å². The minimum absolute atomic E-state index is 0.161. The largest absolute Gasteiger partial charge is 0.332 e. The predicted octanol–water partition coefficient (Wildman–Crippen LogP) is 0.447. The van der Waals surface area contributed by atoms with Crippen molar-refractivity contribution in [2.45, 2.75) is 0 Å². The Balaban J connectivity index is 2.31. The Morgan fingerprint density at radius 3 is 2.33 bits per heavy atom. The molecule has 0 bridgehead atoms. The van der Waals surface area contributed by atoms with Crippen LogP contribution in [-0.4, -0.2) is 35.0 Å². The minimum Gasteiger partial charge on any atom is -0.332 e. The van der Waals surface area contributed by atoms with Gasteiger partial charge in [-0.1, -0.05) is 0 Å². The van der Waals surface area contributed by atoms with E-state index >= 15 is 0 Å². The monoisotopic (exact) mass is 240 g/mol. The molecular formula is C5H9IN2O. The molecule has 9 heavy (non-hydrogen) atoms. The van der Waals surface area contributed by atoms with E-state index < -0.39 is 0 Å². The number of nitrogens with zero attached hydrogens (tertiary/aromatic N) is 1. The second-order valence-corrected chi connectivity index (χ2v) is 2.91. The lowest BCUT2D eigenvalue weighted by Crippen LogP contribution is -2.44. The number of rotatable bonds is 0. The molecule has 0 radical (unpaired) electrons. The fourth-order valence-corrected chi connectivity index (χ4v) is 1.32. The Bertz CT molecular complexity index is 112. The number of amides is 1. The number of carbonyl (C=O) groups excluding carboxylic acids is 1. The summed E-state index contributed by atoms with van der Waals surface area (Å²) in [5, 5.41) is 3.17. The van der Waals surface area contributed by atoms with Gasteiger partial charge in [0.2, 0.25) is 0 Å². The van der Waals surface area contributed by atoms with Crippen LogP contribution in [0.5, 0.6) is 0 Å². The average Bonchev–Trinajstić information content (AvgIpc) is 1.90. The minimum atomic E-state index is 0.161. The molecule has 0 aromatic heterocycles. The second kappa shape index (κ2) is 3.36. The summed E-state index contributed by atoms with van der Waals surface area (Å²) in [5.41, 5.74) is 0. The van der Waals surface area contributed by atoms with E-state index in [2.05, 4.69) is 5.32 Å². The van der Waals surface area contributed by atoms with Crippen LogP contribution in [0.25, 0.3) is 0 Å². The molecule has 1 saturated heterocycles. The molecule has 3 nitrogen and oxygen atoms in total. The fourth-order valence-electron chi connectivity index (χ4n) is 0.841. The first-order chi connectivity index (χ1) is 4.30. The zero-order chi connectivity index (χ0) is 6.69. The van der Waals surface area contributed by atoms with Gasteiger partial charge in [0.15, 0.2) is 0 Å². The highest BCUT2D eigenvalue weighted by Gasteiger charge is 2.11. The molecule has 0 spiro atoms. The van der Waals surface area contributed by atoms with Crippen molar-refractivity contribution in [1.29, 1.82) is 0 Å². The Labute approximate surface area is 67.9 Å². The van der Waals surface area contributed by atoms with Gasteiger partial charge in [0.1, 0.15) is 0 Å². The van der Waals surface area contributed by atoms with Crippen LogP contribution in [0.4, 0.5) is 4.79 Å². The van der Waals surface area contributed by atoms with Crippen LogP contribution in [0.1, 0.15) is 0 Å². The van der Waals surface area contributed by atoms with Gasteiger partial charge < -0.3 is 10.2 Å². The zero-order valence-electron chi connectivity index (χ0n) is 5.06. The van der Waals surface area contributed by atoms with E-state index in [1.54, 1.807) is 0 Å². The fraction of sp³-hybridized carbons (Fsp3) is 0.800. The summed E-state index contributed by atoms with van der Waals surface area (Å²) >= 11 is 1.82. The highest BCUT2D eigenvalue weighted by molar-refractivity contribution is 14.1. The third-order valence-electron chi connectivity index (χ3n) is 1.37. The average molecular weight is 240 g/mol. The molecule has 1 aliphatic rings. The Kier molecular flexibility index (Phi) is 2.71. The first kappa shape index (κ1) is 7.27. The number of halogens is 1. The molecule has 1 heterocycles. The number of carbonyl (C=O) groups is 1. The maximum Gasteiger partial charge on any atom is 0.283 e. The molecule has 0 unspecified atom stereocenters. The first-order valence-corrected chi connectivity index (χ1v) is 4.04. The summed E-state index contributed by atoms with van der Waals surface area (Å²) in [6.07, 6.45) is 0. The summed E-state index contributed by atoms with van der Waals surface area (Å²) in [5.74, 6) is 0. The van der Waals surface area contributed by atoms with Crippen molar-refractivity contribution < 1.29 is 4.79 Å². The third kappa shape index (κ3) is 2.09. The van der Waals surface area contributed by atoms with Crippen LogP contribution in [0.2, 0.25) is 0 Å². The van der Waals surface area contributed by atoms with Gasteiger partial charge in [-0.3, -0.25) is 4.79 Å². The predicted molar refractivity (Wildman–Crippen MR) is 43.9 cm³/mol. The van der Waals surface area contributed by atoms with Crippen molar-refractivity contribution in [2.75, 3.05) is 26.2 Å². The lowest BCUT2D eigenvalue weighted by molar-refractivity contribution is 0.218. The smallest absolute Gasteiger partial charge is 0.283 e. The van der Waals surface area contributed by atoms with E-state index in [4.69, 9.17) is 0 Å². The number of hydrogen-bond acceptors (Lipinski definition) is 2. The van der Waals surface area contributed by atoms with E-state index in [0.717, 1.165) is 26.2 Å². The van der Waals surface area contributed by atoms with Gasteiger partial charge in [0, 0.05) is 48.8 Å². The van der Waals surface area contributed by atoms with E-state index in [-0.39, 0.29) is 3.91 Å². The van der Waals surface area contributed by atoms with E-state index in [1.807, 2.05) is 27.5 Å². The molecule has 1 aliphatic heterocycles. The number of hydrogen-bond donors (Lipinski definition) is 1. The summed E-state index contributed by atoms with van der Waals surface area (Å²) in [7, 11) is 0.